The molecule has 3 N–H and O–H groups in total. The molecule has 1 unspecified atom stereocenters. The number of nitrogens with one attached hydrogen (secondary N) is 1. The lowest BCUT2D eigenvalue weighted by molar-refractivity contribution is -0.140. The van der Waals surface area contributed by atoms with Crippen molar-refractivity contribution in [2.24, 2.45) is 5.73 Å². The average molecular weight is 313 g/mol. The van der Waals surface area contributed by atoms with Crippen LogP contribution in [0.1, 0.15) is 39.5 Å². The minimum Gasteiger partial charge on any atom is -0.475 e. The lowest BCUT2D eigenvalue weighted by atomic mass is 10.0. The molecule has 0 saturated heterocycles. The van der Waals surface area contributed by atoms with Gasteiger partial charge in [0.2, 0.25) is 0 Å². The summed E-state index contributed by atoms with van der Waals surface area (Å²) in [6.45, 7) is 4.59. The first-order valence-electron chi connectivity index (χ1n) is 7.59. The second-order valence-corrected chi connectivity index (χ2v) is 5.64. The highest BCUT2D eigenvalue weighted by molar-refractivity contribution is 5.84. The van der Waals surface area contributed by atoms with Crippen LogP contribution in [0.5, 0.6) is 5.88 Å². The predicted octanol–water partition coefficient (Wildman–Crippen LogP) is 1.48. The van der Waals surface area contributed by atoms with Gasteiger partial charge >= 0.3 is 0 Å². The highest BCUT2D eigenvalue weighted by atomic mass is 16.5. The van der Waals surface area contributed by atoms with Crippen LogP contribution in [0.15, 0.2) is 16.9 Å². The fourth-order valence-electron chi connectivity index (χ4n) is 1.86. The van der Waals surface area contributed by atoms with E-state index < -0.39 is 5.60 Å². The summed E-state index contributed by atoms with van der Waals surface area (Å²) in [5.74, 6) is 0.318. The molecule has 0 saturated carbocycles. The number of carbonyl (C=O) groups is 1. The summed E-state index contributed by atoms with van der Waals surface area (Å²) in [4.78, 5) is 12.2. The van der Waals surface area contributed by atoms with Crippen molar-refractivity contribution in [2.45, 2.75) is 51.2 Å². The van der Waals surface area contributed by atoms with Crippen molar-refractivity contribution in [3.8, 4) is 5.88 Å². The molecular formula is C15H27N3O4. The first-order valence-corrected chi connectivity index (χ1v) is 7.59. The second-order valence-electron chi connectivity index (χ2n) is 5.64. The van der Waals surface area contributed by atoms with Gasteiger partial charge in [-0.2, -0.15) is 0 Å². The number of unbranched alkanes of at least 4 members (excludes halogenated alkanes) is 1. The Bertz CT molecular complexity index is 420. The maximum atomic E-state index is 12.2. The van der Waals surface area contributed by atoms with Crippen LogP contribution in [0.3, 0.4) is 0 Å². The summed E-state index contributed by atoms with van der Waals surface area (Å²) >= 11 is 0. The summed E-state index contributed by atoms with van der Waals surface area (Å²) in [5, 5.41) is 6.70. The monoisotopic (exact) mass is 313 g/mol. The topological polar surface area (TPSA) is 99.6 Å². The Morgan fingerprint density at radius 3 is 2.82 bits per heavy atom. The van der Waals surface area contributed by atoms with E-state index in [1.54, 1.807) is 19.9 Å². The van der Waals surface area contributed by atoms with Gasteiger partial charge in [-0.25, -0.2) is 0 Å². The normalized spacial score (nSPS) is 12.9. The van der Waals surface area contributed by atoms with E-state index >= 15 is 0 Å². The highest BCUT2D eigenvalue weighted by Gasteiger charge is 2.28. The minimum atomic E-state index is -0.848. The molecule has 1 atom stereocenters. The molecule has 1 amide bonds. The molecule has 0 aliphatic carbocycles. The van der Waals surface area contributed by atoms with Crippen LogP contribution in [-0.4, -0.2) is 43.0 Å². The van der Waals surface area contributed by atoms with Gasteiger partial charge in [0.05, 0.1) is 6.61 Å². The molecule has 1 aromatic heterocycles. The minimum absolute atomic E-state index is 0.0142. The van der Waals surface area contributed by atoms with E-state index in [0.717, 1.165) is 19.3 Å². The maximum Gasteiger partial charge on any atom is 0.253 e. The first kappa shape index (κ1) is 18.4. The zero-order valence-electron chi connectivity index (χ0n) is 13.6. The maximum absolute atomic E-state index is 12.2. The number of hydrogen-bond acceptors (Lipinski definition) is 6. The van der Waals surface area contributed by atoms with Gasteiger partial charge in [-0.15, -0.1) is 0 Å². The Kier molecular flexibility index (Phi) is 7.90. The van der Waals surface area contributed by atoms with Crippen molar-refractivity contribution in [3.05, 3.63) is 12.3 Å². The smallest absolute Gasteiger partial charge is 0.253 e. The number of methoxy groups -OCH3 is 1. The van der Waals surface area contributed by atoms with Gasteiger partial charge in [0.15, 0.2) is 0 Å². The molecule has 7 nitrogen and oxygen atoms in total. The molecule has 0 fully saturated rings. The van der Waals surface area contributed by atoms with Crippen molar-refractivity contribution < 1.29 is 18.8 Å². The zero-order valence-corrected chi connectivity index (χ0v) is 13.6. The number of nitrogens with two attached hydrogens (primary N) is 1. The van der Waals surface area contributed by atoms with E-state index in [1.165, 1.54) is 13.4 Å². The van der Waals surface area contributed by atoms with Crippen LogP contribution in [0, 0.1) is 0 Å². The van der Waals surface area contributed by atoms with Gasteiger partial charge in [-0.3, -0.25) is 4.79 Å². The molecule has 7 heteroatoms. The summed E-state index contributed by atoms with van der Waals surface area (Å²) in [7, 11) is 1.52. The third-order valence-corrected chi connectivity index (χ3v) is 3.53. The number of rotatable bonds is 11. The van der Waals surface area contributed by atoms with E-state index in [0.29, 0.717) is 25.5 Å². The third-order valence-electron chi connectivity index (χ3n) is 3.53. The van der Waals surface area contributed by atoms with Crippen LogP contribution in [0.25, 0.3) is 0 Å². The molecule has 22 heavy (non-hydrogen) atoms. The van der Waals surface area contributed by atoms with E-state index in [4.69, 9.17) is 19.7 Å². The predicted molar refractivity (Wildman–Crippen MR) is 82.5 cm³/mol. The molecule has 0 radical (unpaired) electrons. The third kappa shape index (κ3) is 6.44. The van der Waals surface area contributed by atoms with Crippen molar-refractivity contribution in [2.75, 3.05) is 20.3 Å². The van der Waals surface area contributed by atoms with Crippen molar-refractivity contribution in [1.82, 2.24) is 10.5 Å². The van der Waals surface area contributed by atoms with Gasteiger partial charge < -0.3 is 25.0 Å². The largest absolute Gasteiger partial charge is 0.475 e. The number of amides is 1. The van der Waals surface area contributed by atoms with Crippen LogP contribution in [0.2, 0.25) is 0 Å². The molecule has 0 bridgehead atoms. The van der Waals surface area contributed by atoms with Crippen molar-refractivity contribution in [3.63, 3.8) is 0 Å². The van der Waals surface area contributed by atoms with Crippen LogP contribution in [-0.2, 0) is 9.53 Å². The summed E-state index contributed by atoms with van der Waals surface area (Å²) in [6.07, 6.45) is 4.88. The van der Waals surface area contributed by atoms with Crippen LogP contribution >= 0.6 is 0 Å². The van der Waals surface area contributed by atoms with E-state index in [2.05, 4.69) is 10.5 Å². The molecule has 1 aromatic rings. The number of aromatic nitrogens is 1. The number of carbonyl (C=O) groups excluding carboxylic acids is 1. The molecule has 1 heterocycles. The molecule has 1 rings (SSSR count). The standard InChI is InChI=1S/C15H27N3O4/c1-15(2,20-3)14(19)17-12(6-4-5-9-16)7-10-21-13-8-11-22-18-13/h8,11-12H,4-7,9-10,16H2,1-3H3,(H,17,19). The summed E-state index contributed by atoms with van der Waals surface area (Å²) < 4.78 is 15.4. The van der Waals surface area contributed by atoms with E-state index in [1.807, 2.05) is 0 Å². The van der Waals surface area contributed by atoms with Gasteiger partial charge in [0.1, 0.15) is 11.9 Å². The fourth-order valence-corrected chi connectivity index (χ4v) is 1.86. The molecule has 0 spiro atoms. The zero-order chi connectivity index (χ0) is 16.4. The number of nitrogens with zero attached hydrogens (tertiary/aromatic N) is 1. The Balaban J connectivity index is 2.45. The van der Waals surface area contributed by atoms with E-state index in [-0.39, 0.29) is 11.9 Å². The Hall–Kier alpha value is -1.60. The lowest BCUT2D eigenvalue weighted by Crippen LogP contribution is -2.48. The molecule has 0 aliphatic heterocycles. The second kappa shape index (κ2) is 9.42. The highest BCUT2D eigenvalue weighted by Crippen LogP contribution is 2.12. The molecular weight excluding hydrogens is 286 g/mol. The average Bonchev–Trinajstić information content (AvgIpc) is 3.00. The van der Waals surface area contributed by atoms with Crippen molar-refractivity contribution >= 4 is 5.91 Å². The fraction of sp³-hybridized carbons (Fsp3) is 0.733. The Labute approximate surface area is 131 Å². The first-order chi connectivity index (χ1) is 10.5. The van der Waals surface area contributed by atoms with Crippen LogP contribution < -0.4 is 15.8 Å². The Morgan fingerprint density at radius 2 is 2.23 bits per heavy atom. The summed E-state index contributed by atoms with van der Waals surface area (Å²) in [5.41, 5.74) is 4.67. The summed E-state index contributed by atoms with van der Waals surface area (Å²) in [6, 6.07) is 1.66. The molecule has 126 valence electrons. The number of ether oxygens (including phenoxy) is 2. The SMILES string of the molecule is COC(C)(C)C(=O)NC(CCCCN)CCOc1ccon1. The van der Waals surface area contributed by atoms with E-state index in [9.17, 15) is 4.79 Å². The van der Waals surface area contributed by atoms with Gasteiger partial charge in [-0.05, 0) is 38.4 Å². The molecule has 0 aromatic carbocycles. The van der Waals surface area contributed by atoms with Gasteiger partial charge in [-0.1, -0.05) is 6.42 Å². The Morgan fingerprint density at radius 1 is 1.45 bits per heavy atom. The lowest BCUT2D eigenvalue weighted by Gasteiger charge is -2.26. The molecule has 0 aliphatic rings. The van der Waals surface area contributed by atoms with Crippen molar-refractivity contribution in [1.29, 1.82) is 0 Å². The number of hydrogen-bond donors (Lipinski definition) is 2. The van der Waals surface area contributed by atoms with Gasteiger partial charge in [0.25, 0.3) is 11.8 Å². The quantitative estimate of drug-likeness (QED) is 0.600. The van der Waals surface area contributed by atoms with Crippen LogP contribution in [0.4, 0.5) is 0 Å². The van der Waals surface area contributed by atoms with Gasteiger partial charge in [0, 0.05) is 25.6 Å².